The van der Waals surface area contributed by atoms with Gasteiger partial charge < -0.3 is 4.90 Å². The SMILES string of the molecule is Cc1ccc(CCC(=O)N2CC(N3C(=O)CSC3=O)C2)cc1C. The van der Waals surface area contributed by atoms with Crippen LogP contribution in [-0.2, 0) is 16.0 Å². The fraction of sp³-hybridized carbons (Fsp3) is 0.471. The third kappa shape index (κ3) is 3.27. The predicted molar refractivity (Wildman–Crippen MR) is 89.3 cm³/mol. The van der Waals surface area contributed by atoms with Gasteiger partial charge in [0.1, 0.15) is 0 Å². The van der Waals surface area contributed by atoms with Gasteiger partial charge in [-0.2, -0.15) is 0 Å². The van der Waals surface area contributed by atoms with Crippen LogP contribution in [0.2, 0.25) is 0 Å². The van der Waals surface area contributed by atoms with Crippen molar-refractivity contribution in [3.8, 4) is 0 Å². The van der Waals surface area contributed by atoms with Gasteiger partial charge in [0.25, 0.3) is 5.24 Å². The number of likely N-dealkylation sites (tertiary alicyclic amines) is 1. The molecular weight excluding hydrogens is 312 g/mol. The summed E-state index contributed by atoms with van der Waals surface area (Å²) in [6.07, 6.45) is 1.18. The van der Waals surface area contributed by atoms with Gasteiger partial charge in [-0.3, -0.25) is 19.3 Å². The molecule has 5 nitrogen and oxygen atoms in total. The van der Waals surface area contributed by atoms with Crippen LogP contribution in [0.3, 0.4) is 0 Å². The molecule has 0 bridgehead atoms. The quantitative estimate of drug-likeness (QED) is 0.848. The topological polar surface area (TPSA) is 57.7 Å². The second kappa shape index (κ2) is 6.35. The molecule has 2 saturated heterocycles. The molecule has 0 unspecified atom stereocenters. The Morgan fingerprint density at radius 3 is 2.57 bits per heavy atom. The zero-order valence-corrected chi connectivity index (χ0v) is 14.2. The highest BCUT2D eigenvalue weighted by Crippen LogP contribution is 2.26. The highest BCUT2D eigenvalue weighted by Gasteiger charge is 2.43. The van der Waals surface area contributed by atoms with Crippen LogP contribution in [0.1, 0.15) is 23.1 Å². The lowest BCUT2D eigenvalue weighted by Crippen LogP contribution is -2.62. The number of carbonyl (C=O) groups excluding carboxylic acids is 3. The van der Waals surface area contributed by atoms with Crippen molar-refractivity contribution in [2.24, 2.45) is 0 Å². The fourth-order valence-electron chi connectivity index (χ4n) is 2.91. The monoisotopic (exact) mass is 332 g/mol. The lowest BCUT2D eigenvalue weighted by atomic mass is 10.0. The molecule has 2 aliphatic rings. The molecule has 0 N–H and O–H groups in total. The molecule has 1 aromatic rings. The molecule has 0 aliphatic carbocycles. The minimum Gasteiger partial charge on any atom is -0.338 e. The molecule has 23 heavy (non-hydrogen) atoms. The van der Waals surface area contributed by atoms with Crippen molar-refractivity contribution < 1.29 is 14.4 Å². The van der Waals surface area contributed by atoms with E-state index >= 15 is 0 Å². The van der Waals surface area contributed by atoms with E-state index in [0.717, 1.165) is 18.2 Å². The Morgan fingerprint density at radius 1 is 1.22 bits per heavy atom. The summed E-state index contributed by atoms with van der Waals surface area (Å²) in [4.78, 5) is 38.5. The molecule has 6 heteroatoms. The number of carbonyl (C=O) groups is 3. The van der Waals surface area contributed by atoms with E-state index in [1.807, 2.05) is 0 Å². The van der Waals surface area contributed by atoms with Gasteiger partial charge in [0.2, 0.25) is 11.8 Å². The highest BCUT2D eigenvalue weighted by atomic mass is 32.2. The number of nitrogens with zero attached hydrogens (tertiary/aromatic N) is 2. The van der Waals surface area contributed by atoms with Gasteiger partial charge in [-0.1, -0.05) is 30.0 Å². The van der Waals surface area contributed by atoms with Crippen molar-refractivity contribution in [1.82, 2.24) is 9.80 Å². The second-order valence-corrected chi connectivity index (χ2v) is 7.12. The minimum atomic E-state index is -0.178. The zero-order chi connectivity index (χ0) is 16.6. The lowest BCUT2D eigenvalue weighted by molar-refractivity contribution is -0.142. The van der Waals surface area contributed by atoms with E-state index in [4.69, 9.17) is 0 Å². The van der Waals surface area contributed by atoms with Crippen molar-refractivity contribution >= 4 is 28.8 Å². The second-order valence-electron chi connectivity index (χ2n) is 6.19. The predicted octanol–water partition coefficient (Wildman–Crippen LogP) is 2.14. The van der Waals surface area contributed by atoms with Gasteiger partial charge in [0, 0.05) is 19.5 Å². The maximum absolute atomic E-state index is 12.2. The van der Waals surface area contributed by atoms with E-state index in [-0.39, 0.29) is 28.8 Å². The molecule has 1 aromatic carbocycles. The average molecular weight is 332 g/mol. The molecule has 122 valence electrons. The van der Waals surface area contributed by atoms with E-state index in [1.54, 1.807) is 4.90 Å². The van der Waals surface area contributed by atoms with Crippen LogP contribution in [-0.4, -0.2) is 51.7 Å². The Labute approximate surface area is 140 Å². The largest absolute Gasteiger partial charge is 0.338 e. The smallest absolute Gasteiger partial charge is 0.289 e. The summed E-state index contributed by atoms with van der Waals surface area (Å²) in [6, 6.07) is 6.14. The normalized spacial score (nSPS) is 18.5. The number of aryl methyl sites for hydroxylation is 3. The zero-order valence-electron chi connectivity index (χ0n) is 13.4. The van der Waals surface area contributed by atoms with Crippen molar-refractivity contribution in [3.05, 3.63) is 34.9 Å². The van der Waals surface area contributed by atoms with Gasteiger partial charge in [0.15, 0.2) is 0 Å². The Morgan fingerprint density at radius 2 is 1.96 bits per heavy atom. The Bertz CT molecular complexity index is 652. The summed E-state index contributed by atoms with van der Waals surface area (Å²) in [5, 5.41) is -0.178. The molecule has 0 aromatic heterocycles. The summed E-state index contributed by atoms with van der Waals surface area (Å²) >= 11 is 1.04. The van der Waals surface area contributed by atoms with Crippen LogP contribution in [0.15, 0.2) is 18.2 Å². The van der Waals surface area contributed by atoms with Crippen LogP contribution >= 0.6 is 11.8 Å². The molecule has 0 spiro atoms. The number of imide groups is 1. The number of hydrogen-bond acceptors (Lipinski definition) is 4. The van der Waals surface area contributed by atoms with Crippen molar-refractivity contribution in [1.29, 1.82) is 0 Å². The molecule has 0 atom stereocenters. The molecule has 3 rings (SSSR count). The third-order valence-electron chi connectivity index (χ3n) is 4.56. The molecule has 0 radical (unpaired) electrons. The van der Waals surface area contributed by atoms with Crippen LogP contribution in [0.5, 0.6) is 0 Å². The van der Waals surface area contributed by atoms with E-state index < -0.39 is 0 Å². The molecule has 3 amide bonds. The Balaban J connectivity index is 1.48. The summed E-state index contributed by atoms with van der Waals surface area (Å²) < 4.78 is 0. The van der Waals surface area contributed by atoms with E-state index in [1.165, 1.54) is 21.6 Å². The Hall–Kier alpha value is -1.82. The fourth-order valence-corrected chi connectivity index (χ4v) is 3.68. The first-order chi connectivity index (χ1) is 11.0. The van der Waals surface area contributed by atoms with E-state index in [9.17, 15) is 14.4 Å². The maximum Gasteiger partial charge on any atom is 0.289 e. The minimum absolute atomic E-state index is 0.0891. The Kier molecular flexibility index (Phi) is 4.43. The molecule has 2 heterocycles. The van der Waals surface area contributed by atoms with Crippen LogP contribution in [0, 0.1) is 13.8 Å². The first kappa shape index (κ1) is 16.1. The molecule has 2 fully saturated rings. The average Bonchev–Trinajstić information content (AvgIpc) is 2.79. The van der Waals surface area contributed by atoms with Gasteiger partial charge in [0.05, 0.1) is 11.8 Å². The van der Waals surface area contributed by atoms with E-state index in [2.05, 4.69) is 32.0 Å². The van der Waals surface area contributed by atoms with Crippen LogP contribution in [0.25, 0.3) is 0 Å². The van der Waals surface area contributed by atoms with Gasteiger partial charge in [-0.15, -0.1) is 0 Å². The number of benzene rings is 1. The van der Waals surface area contributed by atoms with Crippen LogP contribution in [0.4, 0.5) is 4.79 Å². The van der Waals surface area contributed by atoms with Gasteiger partial charge >= 0.3 is 0 Å². The van der Waals surface area contributed by atoms with Crippen molar-refractivity contribution in [3.63, 3.8) is 0 Å². The van der Waals surface area contributed by atoms with Crippen LogP contribution < -0.4 is 0 Å². The number of rotatable bonds is 4. The van der Waals surface area contributed by atoms with Crippen molar-refractivity contribution in [2.45, 2.75) is 32.7 Å². The van der Waals surface area contributed by atoms with Gasteiger partial charge in [-0.05, 0) is 37.0 Å². The van der Waals surface area contributed by atoms with E-state index in [0.29, 0.717) is 19.5 Å². The van der Waals surface area contributed by atoms with Crippen molar-refractivity contribution in [2.75, 3.05) is 18.8 Å². The number of hydrogen-bond donors (Lipinski definition) is 0. The first-order valence-corrected chi connectivity index (χ1v) is 8.77. The molecular formula is C17H20N2O3S. The standard InChI is InChI=1S/C17H20N2O3S/c1-11-3-4-13(7-12(11)2)5-6-15(20)18-8-14(9-18)19-16(21)10-23-17(19)22/h3-4,7,14H,5-6,8-10H2,1-2H3. The maximum atomic E-state index is 12.2. The number of thioether (sulfide) groups is 1. The summed E-state index contributed by atoms with van der Waals surface area (Å²) in [6.45, 7) is 5.10. The molecule has 2 aliphatic heterocycles. The highest BCUT2D eigenvalue weighted by molar-refractivity contribution is 8.14. The third-order valence-corrected chi connectivity index (χ3v) is 5.40. The molecule has 0 saturated carbocycles. The number of amides is 3. The first-order valence-electron chi connectivity index (χ1n) is 7.78. The lowest BCUT2D eigenvalue weighted by Gasteiger charge is -2.42. The van der Waals surface area contributed by atoms with Gasteiger partial charge in [-0.25, -0.2) is 0 Å². The summed E-state index contributed by atoms with van der Waals surface area (Å²) in [5.41, 5.74) is 3.66. The summed E-state index contributed by atoms with van der Waals surface area (Å²) in [7, 11) is 0. The summed E-state index contributed by atoms with van der Waals surface area (Å²) in [5.74, 6) is 0.189.